The van der Waals surface area contributed by atoms with Gasteiger partial charge in [-0.3, -0.25) is 0 Å². The third-order valence-corrected chi connectivity index (χ3v) is 3.57. The molecule has 1 aromatic heterocycles. The number of nitrogens with one attached hydrogen (secondary N) is 1. The largest absolute Gasteiger partial charge is 0.359 e. The Labute approximate surface area is 93.9 Å². The highest BCUT2D eigenvalue weighted by molar-refractivity contribution is 7.99. The second-order valence-electron chi connectivity index (χ2n) is 3.19. The molecule has 14 heavy (non-hydrogen) atoms. The van der Waals surface area contributed by atoms with Crippen molar-refractivity contribution >= 4 is 28.4 Å². The van der Waals surface area contributed by atoms with Crippen LogP contribution in [-0.2, 0) is 6.42 Å². The highest BCUT2D eigenvalue weighted by Crippen LogP contribution is 2.13. The van der Waals surface area contributed by atoms with Gasteiger partial charge in [-0.25, -0.2) is 4.98 Å². The van der Waals surface area contributed by atoms with E-state index in [-0.39, 0.29) is 0 Å². The van der Waals surface area contributed by atoms with E-state index in [1.807, 2.05) is 11.8 Å². The molecule has 1 unspecified atom stereocenters. The van der Waals surface area contributed by atoms with Crippen LogP contribution in [0.5, 0.6) is 0 Å². The number of aromatic nitrogens is 2. The molecule has 1 aromatic rings. The van der Waals surface area contributed by atoms with E-state index in [9.17, 15) is 0 Å². The molecular formula is C9H17N3S2. The van der Waals surface area contributed by atoms with Crippen molar-refractivity contribution in [2.75, 3.05) is 18.1 Å². The van der Waals surface area contributed by atoms with Crippen molar-refractivity contribution in [3.8, 4) is 0 Å². The van der Waals surface area contributed by atoms with Crippen LogP contribution in [0.15, 0.2) is 0 Å². The first-order valence-corrected chi connectivity index (χ1v) is 6.91. The zero-order valence-corrected chi connectivity index (χ0v) is 10.5. The standard InChI is InChI=1S/C9H17N3S2/c1-4-5-8-11-9(14-12-8)10-6-7(2)13-3/h7H,4-6H2,1-3H3,(H,10,11,12). The smallest absolute Gasteiger partial charge is 0.202 e. The van der Waals surface area contributed by atoms with E-state index in [4.69, 9.17) is 0 Å². The van der Waals surface area contributed by atoms with Gasteiger partial charge in [0.25, 0.3) is 0 Å². The van der Waals surface area contributed by atoms with E-state index >= 15 is 0 Å². The highest BCUT2D eigenvalue weighted by Gasteiger charge is 2.04. The number of nitrogens with zero attached hydrogens (tertiary/aromatic N) is 2. The molecule has 0 aliphatic heterocycles. The minimum Gasteiger partial charge on any atom is -0.359 e. The maximum Gasteiger partial charge on any atom is 0.202 e. The minimum atomic E-state index is 0.619. The molecule has 1 heterocycles. The summed E-state index contributed by atoms with van der Waals surface area (Å²) in [6.07, 6.45) is 4.21. The maximum atomic E-state index is 4.39. The first-order valence-electron chi connectivity index (χ1n) is 4.85. The molecule has 0 bridgehead atoms. The summed E-state index contributed by atoms with van der Waals surface area (Å²) in [5, 5.41) is 4.87. The zero-order valence-electron chi connectivity index (χ0n) is 8.91. The molecule has 80 valence electrons. The average molecular weight is 231 g/mol. The quantitative estimate of drug-likeness (QED) is 0.817. The van der Waals surface area contributed by atoms with E-state index in [0.29, 0.717) is 5.25 Å². The Morgan fingerprint density at radius 1 is 1.57 bits per heavy atom. The topological polar surface area (TPSA) is 37.8 Å². The molecule has 0 aromatic carbocycles. The lowest BCUT2D eigenvalue weighted by molar-refractivity contribution is 0.860. The van der Waals surface area contributed by atoms with Gasteiger partial charge in [0.2, 0.25) is 5.13 Å². The van der Waals surface area contributed by atoms with Gasteiger partial charge in [0.15, 0.2) is 0 Å². The molecule has 0 amide bonds. The summed E-state index contributed by atoms with van der Waals surface area (Å²) in [6.45, 7) is 5.30. The van der Waals surface area contributed by atoms with Gasteiger partial charge in [-0.2, -0.15) is 16.1 Å². The molecule has 0 aliphatic carbocycles. The van der Waals surface area contributed by atoms with E-state index in [2.05, 4.69) is 34.8 Å². The summed E-state index contributed by atoms with van der Waals surface area (Å²) in [6, 6.07) is 0. The van der Waals surface area contributed by atoms with Gasteiger partial charge < -0.3 is 5.32 Å². The number of hydrogen-bond acceptors (Lipinski definition) is 5. The van der Waals surface area contributed by atoms with Crippen molar-refractivity contribution in [3.63, 3.8) is 0 Å². The third-order valence-electron chi connectivity index (χ3n) is 1.88. The van der Waals surface area contributed by atoms with Gasteiger partial charge in [-0.1, -0.05) is 13.8 Å². The number of hydrogen-bond donors (Lipinski definition) is 1. The first kappa shape index (κ1) is 11.8. The van der Waals surface area contributed by atoms with Crippen LogP contribution in [0.25, 0.3) is 0 Å². The molecule has 0 fully saturated rings. The number of anilines is 1. The minimum absolute atomic E-state index is 0.619. The molecule has 0 radical (unpaired) electrons. The number of aryl methyl sites for hydroxylation is 1. The van der Waals surface area contributed by atoms with Crippen LogP contribution in [0, 0.1) is 0 Å². The van der Waals surface area contributed by atoms with E-state index in [0.717, 1.165) is 30.3 Å². The fraction of sp³-hybridized carbons (Fsp3) is 0.778. The predicted molar refractivity (Wildman–Crippen MR) is 65.4 cm³/mol. The maximum absolute atomic E-state index is 4.39. The molecule has 0 aliphatic rings. The molecule has 0 spiro atoms. The summed E-state index contributed by atoms with van der Waals surface area (Å²) in [5.41, 5.74) is 0. The van der Waals surface area contributed by atoms with Crippen LogP contribution in [0.4, 0.5) is 5.13 Å². The Morgan fingerprint density at radius 3 is 3.00 bits per heavy atom. The van der Waals surface area contributed by atoms with Crippen molar-refractivity contribution in [2.24, 2.45) is 0 Å². The zero-order chi connectivity index (χ0) is 10.4. The predicted octanol–water partition coefficient (Wildman–Crippen LogP) is 2.65. The van der Waals surface area contributed by atoms with E-state index in [1.54, 1.807) is 0 Å². The lowest BCUT2D eigenvalue weighted by Gasteiger charge is -2.07. The number of thioether (sulfide) groups is 1. The summed E-state index contributed by atoms with van der Waals surface area (Å²) >= 11 is 3.32. The fourth-order valence-corrected chi connectivity index (χ4v) is 1.83. The number of rotatable bonds is 6. The summed E-state index contributed by atoms with van der Waals surface area (Å²) < 4.78 is 4.27. The molecule has 3 nitrogen and oxygen atoms in total. The Bertz CT molecular complexity index is 262. The normalized spacial score (nSPS) is 12.8. The molecule has 1 atom stereocenters. The Balaban J connectivity index is 2.35. The van der Waals surface area contributed by atoms with E-state index in [1.165, 1.54) is 11.5 Å². The van der Waals surface area contributed by atoms with Crippen LogP contribution in [0.1, 0.15) is 26.1 Å². The van der Waals surface area contributed by atoms with Crippen molar-refractivity contribution in [3.05, 3.63) is 5.82 Å². The van der Waals surface area contributed by atoms with Gasteiger partial charge in [0, 0.05) is 29.7 Å². The van der Waals surface area contributed by atoms with Gasteiger partial charge in [-0.15, -0.1) is 0 Å². The molecular weight excluding hydrogens is 214 g/mol. The SMILES string of the molecule is CCCc1nsc(NCC(C)SC)n1. The van der Waals surface area contributed by atoms with Crippen molar-refractivity contribution in [2.45, 2.75) is 31.9 Å². The Hall–Kier alpha value is -0.290. The monoisotopic (exact) mass is 231 g/mol. The van der Waals surface area contributed by atoms with Crippen molar-refractivity contribution < 1.29 is 0 Å². The molecule has 1 rings (SSSR count). The molecule has 1 N–H and O–H groups in total. The second-order valence-corrected chi connectivity index (χ2v) is 5.22. The average Bonchev–Trinajstić information content (AvgIpc) is 2.63. The lowest BCUT2D eigenvalue weighted by atomic mass is 10.3. The summed E-state index contributed by atoms with van der Waals surface area (Å²) in [7, 11) is 0. The van der Waals surface area contributed by atoms with Crippen molar-refractivity contribution in [1.82, 2.24) is 9.36 Å². The van der Waals surface area contributed by atoms with Gasteiger partial charge >= 0.3 is 0 Å². The fourth-order valence-electron chi connectivity index (χ4n) is 0.965. The highest BCUT2D eigenvalue weighted by atomic mass is 32.2. The van der Waals surface area contributed by atoms with Crippen LogP contribution < -0.4 is 5.32 Å². The molecule has 0 saturated heterocycles. The molecule has 5 heteroatoms. The Morgan fingerprint density at radius 2 is 2.36 bits per heavy atom. The lowest BCUT2D eigenvalue weighted by Crippen LogP contribution is -2.12. The summed E-state index contributed by atoms with van der Waals surface area (Å²) in [5.74, 6) is 0.969. The van der Waals surface area contributed by atoms with Gasteiger partial charge in [0.05, 0.1) is 0 Å². The van der Waals surface area contributed by atoms with Crippen LogP contribution in [0.3, 0.4) is 0 Å². The van der Waals surface area contributed by atoms with Gasteiger partial charge in [-0.05, 0) is 12.7 Å². The summed E-state index contributed by atoms with van der Waals surface area (Å²) in [4.78, 5) is 4.39. The second kappa shape index (κ2) is 6.24. The first-order chi connectivity index (χ1) is 6.76. The van der Waals surface area contributed by atoms with Crippen molar-refractivity contribution in [1.29, 1.82) is 0 Å². The van der Waals surface area contributed by atoms with Crippen LogP contribution in [0.2, 0.25) is 0 Å². The van der Waals surface area contributed by atoms with Gasteiger partial charge in [0.1, 0.15) is 5.82 Å². The van der Waals surface area contributed by atoms with Crippen LogP contribution >= 0.6 is 23.3 Å². The Kier molecular flexibility index (Phi) is 5.25. The van der Waals surface area contributed by atoms with E-state index < -0.39 is 0 Å². The third kappa shape index (κ3) is 3.84. The van der Waals surface area contributed by atoms with Crippen LogP contribution in [-0.4, -0.2) is 27.4 Å². The molecule has 0 saturated carbocycles.